The monoisotopic (exact) mass is 268 g/mol. The Morgan fingerprint density at radius 1 is 1.20 bits per heavy atom. The molecule has 1 aromatic heterocycles. The van der Waals surface area contributed by atoms with Gasteiger partial charge < -0.3 is 10.5 Å². The van der Waals surface area contributed by atoms with Gasteiger partial charge in [0.15, 0.2) is 6.23 Å². The highest BCUT2D eigenvalue weighted by atomic mass is 16.5. The minimum absolute atomic E-state index is 0.0944. The number of likely N-dealkylation sites (tertiary alicyclic amines) is 1. The number of hydrogen-bond acceptors (Lipinski definition) is 5. The highest BCUT2D eigenvalue weighted by Crippen LogP contribution is 2.42. The van der Waals surface area contributed by atoms with E-state index in [1.165, 1.54) is 12.8 Å². The van der Waals surface area contributed by atoms with E-state index in [4.69, 9.17) is 10.5 Å². The van der Waals surface area contributed by atoms with Gasteiger partial charge in [0.2, 0.25) is 5.95 Å². The van der Waals surface area contributed by atoms with Crippen molar-refractivity contribution in [3.8, 4) is 17.0 Å². The summed E-state index contributed by atoms with van der Waals surface area (Å²) >= 11 is 0. The number of anilines is 1. The quantitative estimate of drug-likeness (QED) is 0.859. The number of nitrogens with zero attached hydrogens (tertiary/aromatic N) is 3. The molecule has 2 aliphatic heterocycles. The summed E-state index contributed by atoms with van der Waals surface area (Å²) in [4.78, 5) is 10.9. The summed E-state index contributed by atoms with van der Waals surface area (Å²) < 4.78 is 6.19. The zero-order valence-electron chi connectivity index (χ0n) is 11.1. The van der Waals surface area contributed by atoms with Crippen molar-refractivity contribution < 1.29 is 4.74 Å². The molecule has 0 radical (unpaired) electrons. The van der Waals surface area contributed by atoms with E-state index >= 15 is 0 Å². The topological polar surface area (TPSA) is 64.3 Å². The fourth-order valence-electron chi connectivity index (χ4n) is 3.00. The molecular formula is C15H16N4O. The van der Waals surface area contributed by atoms with E-state index in [0.717, 1.165) is 35.7 Å². The second-order valence-electron chi connectivity index (χ2n) is 5.24. The zero-order valence-corrected chi connectivity index (χ0v) is 11.1. The molecule has 1 aromatic carbocycles. The van der Waals surface area contributed by atoms with Gasteiger partial charge in [0, 0.05) is 24.8 Å². The van der Waals surface area contributed by atoms with E-state index in [1.54, 1.807) is 6.20 Å². The molecule has 0 aliphatic carbocycles. The Bertz CT molecular complexity index is 652. The van der Waals surface area contributed by atoms with Crippen molar-refractivity contribution in [2.24, 2.45) is 0 Å². The van der Waals surface area contributed by atoms with Gasteiger partial charge in [-0.1, -0.05) is 12.1 Å². The van der Waals surface area contributed by atoms with Crippen LogP contribution >= 0.6 is 0 Å². The van der Waals surface area contributed by atoms with Crippen LogP contribution in [0.3, 0.4) is 0 Å². The Hall–Kier alpha value is -2.14. The summed E-state index contributed by atoms with van der Waals surface area (Å²) in [5, 5.41) is 0. The second kappa shape index (κ2) is 4.45. The molecule has 4 rings (SSSR count). The minimum Gasteiger partial charge on any atom is -0.470 e. The number of fused-ring (bicyclic) bond motifs is 3. The van der Waals surface area contributed by atoms with Crippen molar-refractivity contribution >= 4 is 5.95 Å². The first-order valence-electron chi connectivity index (χ1n) is 6.95. The molecular weight excluding hydrogens is 252 g/mol. The molecule has 102 valence electrons. The van der Waals surface area contributed by atoms with Crippen LogP contribution in [-0.4, -0.2) is 28.0 Å². The van der Waals surface area contributed by atoms with Crippen LogP contribution in [0.15, 0.2) is 30.5 Å². The third-order valence-corrected chi connectivity index (χ3v) is 3.95. The largest absolute Gasteiger partial charge is 0.470 e. The van der Waals surface area contributed by atoms with Crippen molar-refractivity contribution in [1.82, 2.24) is 14.9 Å². The summed E-state index contributed by atoms with van der Waals surface area (Å²) in [6, 6.07) is 7.97. The Morgan fingerprint density at radius 2 is 2.00 bits per heavy atom. The van der Waals surface area contributed by atoms with E-state index in [-0.39, 0.29) is 6.23 Å². The second-order valence-corrected chi connectivity index (χ2v) is 5.24. The minimum atomic E-state index is -0.0944. The van der Waals surface area contributed by atoms with Gasteiger partial charge in [0.1, 0.15) is 5.75 Å². The molecule has 1 atom stereocenters. The zero-order chi connectivity index (χ0) is 13.5. The van der Waals surface area contributed by atoms with Gasteiger partial charge in [-0.05, 0) is 25.0 Å². The third-order valence-electron chi connectivity index (χ3n) is 3.95. The summed E-state index contributed by atoms with van der Waals surface area (Å²) in [7, 11) is 0. The predicted molar refractivity (Wildman–Crippen MR) is 76.1 cm³/mol. The van der Waals surface area contributed by atoms with Gasteiger partial charge in [0.05, 0.1) is 11.3 Å². The maximum atomic E-state index is 6.19. The fraction of sp³-hybridized carbons (Fsp3) is 0.333. The molecule has 0 amide bonds. The Labute approximate surface area is 117 Å². The summed E-state index contributed by atoms with van der Waals surface area (Å²) in [5.74, 6) is 1.18. The molecule has 0 spiro atoms. The van der Waals surface area contributed by atoms with Crippen molar-refractivity contribution in [3.05, 3.63) is 36.0 Å². The summed E-state index contributed by atoms with van der Waals surface area (Å²) in [6.07, 6.45) is 4.14. The van der Waals surface area contributed by atoms with Crippen LogP contribution in [0.5, 0.6) is 5.75 Å². The smallest absolute Gasteiger partial charge is 0.220 e. The van der Waals surface area contributed by atoms with Crippen LogP contribution in [0.1, 0.15) is 24.6 Å². The molecule has 1 saturated heterocycles. The van der Waals surface area contributed by atoms with Gasteiger partial charge in [-0.25, -0.2) is 9.97 Å². The molecule has 0 saturated carbocycles. The van der Waals surface area contributed by atoms with E-state index in [9.17, 15) is 0 Å². The molecule has 2 aliphatic rings. The molecule has 5 nitrogen and oxygen atoms in total. The van der Waals surface area contributed by atoms with E-state index in [0.29, 0.717) is 5.95 Å². The maximum absolute atomic E-state index is 6.19. The lowest BCUT2D eigenvalue weighted by atomic mass is 10.0. The Balaban J connectivity index is 1.87. The average molecular weight is 268 g/mol. The van der Waals surface area contributed by atoms with Crippen LogP contribution in [0.2, 0.25) is 0 Å². The first-order valence-corrected chi connectivity index (χ1v) is 6.95. The highest BCUT2D eigenvalue weighted by Gasteiger charge is 2.33. The SMILES string of the molecule is Nc1ncc2c(n1)-c1ccccc1O[C@H]2N1CCCC1. The molecule has 1 fully saturated rings. The first-order chi connectivity index (χ1) is 9.83. The maximum Gasteiger partial charge on any atom is 0.220 e. The van der Waals surface area contributed by atoms with Gasteiger partial charge in [0.25, 0.3) is 0 Å². The number of nitrogens with two attached hydrogens (primary N) is 1. The van der Waals surface area contributed by atoms with Crippen LogP contribution in [0.4, 0.5) is 5.95 Å². The van der Waals surface area contributed by atoms with Gasteiger partial charge in [-0.3, -0.25) is 4.90 Å². The third kappa shape index (κ3) is 1.74. The molecule has 3 heterocycles. The number of para-hydroxylation sites is 1. The molecule has 2 N–H and O–H groups in total. The standard InChI is InChI=1S/C15H16N4O/c16-15-17-9-11-13(18-15)10-5-1-2-6-12(10)20-14(11)19-7-3-4-8-19/h1-2,5-6,9,14H,3-4,7-8H2,(H2,16,17,18)/t14-/m1/s1. The van der Waals surface area contributed by atoms with E-state index < -0.39 is 0 Å². The summed E-state index contributed by atoms with van der Waals surface area (Å²) in [5.41, 5.74) is 8.67. The number of hydrogen-bond donors (Lipinski definition) is 1. The van der Waals surface area contributed by atoms with Gasteiger partial charge in [-0.15, -0.1) is 0 Å². The Kier molecular flexibility index (Phi) is 2.60. The van der Waals surface area contributed by atoms with E-state index in [1.807, 2.05) is 24.3 Å². The predicted octanol–water partition coefficient (Wildman–Crippen LogP) is 2.21. The number of benzene rings is 1. The number of aromatic nitrogens is 2. The lowest BCUT2D eigenvalue weighted by Crippen LogP contribution is -2.32. The first kappa shape index (κ1) is 11.7. The van der Waals surface area contributed by atoms with Crippen molar-refractivity contribution in [1.29, 1.82) is 0 Å². The average Bonchev–Trinajstić information content (AvgIpc) is 3.00. The van der Waals surface area contributed by atoms with Crippen LogP contribution < -0.4 is 10.5 Å². The van der Waals surface area contributed by atoms with E-state index in [2.05, 4.69) is 14.9 Å². The molecule has 5 heteroatoms. The lowest BCUT2D eigenvalue weighted by molar-refractivity contribution is 0.0393. The number of nitrogen functional groups attached to an aromatic ring is 1. The molecule has 0 bridgehead atoms. The van der Waals surface area contributed by atoms with Crippen molar-refractivity contribution in [3.63, 3.8) is 0 Å². The highest BCUT2D eigenvalue weighted by molar-refractivity contribution is 5.72. The molecule has 2 aromatic rings. The lowest BCUT2D eigenvalue weighted by Gasteiger charge is -2.33. The van der Waals surface area contributed by atoms with Gasteiger partial charge >= 0.3 is 0 Å². The number of ether oxygens (including phenoxy) is 1. The van der Waals surface area contributed by atoms with Crippen molar-refractivity contribution in [2.75, 3.05) is 18.8 Å². The summed E-state index contributed by atoms with van der Waals surface area (Å²) in [6.45, 7) is 2.10. The van der Waals surface area contributed by atoms with Crippen LogP contribution in [-0.2, 0) is 0 Å². The fourth-order valence-corrected chi connectivity index (χ4v) is 3.00. The van der Waals surface area contributed by atoms with Crippen LogP contribution in [0, 0.1) is 0 Å². The van der Waals surface area contributed by atoms with Crippen molar-refractivity contribution in [2.45, 2.75) is 19.1 Å². The molecule has 0 unspecified atom stereocenters. The molecule has 20 heavy (non-hydrogen) atoms. The number of rotatable bonds is 1. The van der Waals surface area contributed by atoms with Gasteiger partial charge in [-0.2, -0.15) is 0 Å². The van der Waals surface area contributed by atoms with Crippen LogP contribution in [0.25, 0.3) is 11.3 Å². The normalized spacial score (nSPS) is 21.1. The Morgan fingerprint density at radius 3 is 2.85 bits per heavy atom.